The van der Waals surface area contributed by atoms with E-state index in [-0.39, 0.29) is 11.8 Å². The summed E-state index contributed by atoms with van der Waals surface area (Å²) in [7, 11) is 0. The van der Waals surface area contributed by atoms with Gasteiger partial charge < -0.3 is 14.7 Å². The van der Waals surface area contributed by atoms with Gasteiger partial charge in [0.05, 0.1) is 11.6 Å². The van der Waals surface area contributed by atoms with Gasteiger partial charge in [0.25, 0.3) is 0 Å². The number of nitrogens with zero attached hydrogens (tertiary/aromatic N) is 4. The fourth-order valence-corrected chi connectivity index (χ4v) is 2.76. The maximum atomic E-state index is 12.1. The Morgan fingerprint density at radius 3 is 3.04 bits per heavy atom. The number of amides is 1. The van der Waals surface area contributed by atoms with Crippen molar-refractivity contribution in [3.63, 3.8) is 0 Å². The van der Waals surface area contributed by atoms with Crippen LogP contribution in [0, 0.1) is 28.7 Å². The summed E-state index contributed by atoms with van der Waals surface area (Å²) in [6, 6.07) is 10.7. The minimum absolute atomic E-state index is 0.148. The second-order valence-electron chi connectivity index (χ2n) is 5.72. The molecule has 0 bridgehead atoms. The van der Waals surface area contributed by atoms with E-state index in [0.717, 1.165) is 12.0 Å². The molecule has 1 aliphatic heterocycles. The molecule has 0 spiro atoms. The van der Waals surface area contributed by atoms with Crippen LogP contribution >= 0.6 is 0 Å². The molecule has 0 radical (unpaired) electrons. The van der Waals surface area contributed by atoms with Crippen molar-refractivity contribution in [2.45, 2.75) is 12.8 Å². The molecule has 1 fully saturated rings. The van der Waals surface area contributed by atoms with E-state index in [2.05, 4.69) is 22.7 Å². The Morgan fingerprint density at radius 1 is 1.42 bits per heavy atom. The normalized spacial score (nSPS) is 16.4. The molecule has 7 heteroatoms. The third-order valence-corrected chi connectivity index (χ3v) is 3.96. The van der Waals surface area contributed by atoms with Crippen LogP contribution < -0.4 is 5.32 Å². The molecule has 7 nitrogen and oxygen atoms in total. The summed E-state index contributed by atoms with van der Waals surface area (Å²) in [5.41, 5.74) is 1.25. The highest BCUT2D eigenvalue weighted by Gasteiger charge is 2.24. The van der Waals surface area contributed by atoms with Gasteiger partial charge in [0, 0.05) is 31.1 Å². The maximum absolute atomic E-state index is 12.1. The first-order valence-electron chi connectivity index (χ1n) is 7.59. The lowest BCUT2D eigenvalue weighted by atomic mass is 10.0. The van der Waals surface area contributed by atoms with Gasteiger partial charge in [-0.15, -0.1) is 0 Å². The minimum atomic E-state index is -0.148. The van der Waals surface area contributed by atoms with Crippen molar-refractivity contribution in [3.8, 4) is 23.6 Å². The van der Waals surface area contributed by atoms with Gasteiger partial charge in [-0.05, 0) is 24.5 Å². The smallest absolute Gasteiger partial charge is 0.225 e. The average Bonchev–Trinajstić information content (AvgIpc) is 3.24. The van der Waals surface area contributed by atoms with Crippen molar-refractivity contribution in [2.75, 3.05) is 18.4 Å². The van der Waals surface area contributed by atoms with Crippen molar-refractivity contribution in [1.82, 2.24) is 10.1 Å². The van der Waals surface area contributed by atoms with Crippen LogP contribution in [0.15, 0.2) is 34.9 Å². The second-order valence-corrected chi connectivity index (χ2v) is 5.72. The summed E-state index contributed by atoms with van der Waals surface area (Å²) in [6.07, 6.45) is 3.29. The molecule has 1 aromatic heterocycles. The molecule has 24 heavy (non-hydrogen) atoms. The van der Waals surface area contributed by atoms with Crippen molar-refractivity contribution >= 4 is 11.7 Å². The molecular weight excluding hydrogens is 306 g/mol. The summed E-state index contributed by atoms with van der Waals surface area (Å²) in [5, 5.41) is 24.3. The van der Waals surface area contributed by atoms with Gasteiger partial charge in [0.2, 0.25) is 5.91 Å². The van der Waals surface area contributed by atoms with Gasteiger partial charge >= 0.3 is 0 Å². The summed E-state index contributed by atoms with van der Waals surface area (Å²) in [6.45, 7) is 1.33. The van der Waals surface area contributed by atoms with E-state index in [1.165, 1.54) is 0 Å². The average molecular weight is 321 g/mol. The van der Waals surface area contributed by atoms with Gasteiger partial charge in [0.15, 0.2) is 17.8 Å². The highest BCUT2D eigenvalue weighted by Crippen LogP contribution is 2.24. The zero-order valence-corrected chi connectivity index (χ0v) is 12.9. The molecule has 1 saturated heterocycles. The lowest BCUT2D eigenvalue weighted by Crippen LogP contribution is -2.19. The van der Waals surface area contributed by atoms with Gasteiger partial charge in [-0.2, -0.15) is 10.5 Å². The Hall–Kier alpha value is -3.32. The van der Waals surface area contributed by atoms with Gasteiger partial charge in [-0.1, -0.05) is 17.3 Å². The van der Waals surface area contributed by atoms with E-state index < -0.39 is 0 Å². The Kier molecular flexibility index (Phi) is 4.44. The van der Waals surface area contributed by atoms with Crippen molar-refractivity contribution in [3.05, 3.63) is 35.9 Å². The molecule has 1 amide bonds. The number of rotatable bonds is 4. The topological polar surface area (TPSA) is 106 Å². The van der Waals surface area contributed by atoms with Crippen LogP contribution in [-0.2, 0) is 4.79 Å². The van der Waals surface area contributed by atoms with E-state index in [4.69, 9.17) is 15.0 Å². The third-order valence-electron chi connectivity index (χ3n) is 3.96. The number of likely N-dealkylation sites (tertiary alicyclic amines) is 1. The quantitative estimate of drug-likeness (QED) is 0.866. The fourth-order valence-electron chi connectivity index (χ4n) is 2.76. The summed E-state index contributed by atoms with van der Waals surface area (Å²) in [5.74, 6) is 0.861. The standard InChI is InChI=1S/C17H15N5O2/c18-9-12-2-1-3-14(6-12)15-8-16(21-24-15)20-17(23)7-13-4-5-22(10-13)11-19/h1-3,6,8,13H,4-5,7,10H2,(H,20,21,23)/t13-/m0/s1. The zero-order valence-electron chi connectivity index (χ0n) is 12.9. The van der Waals surface area contributed by atoms with Crippen LogP contribution in [0.2, 0.25) is 0 Å². The highest BCUT2D eigenvalue weighted by atomic mass is 16.5. The molecular formula is C17H15N5O2. The fraction of sp³-hybridized carbons (Fsp3) is 0.294. The van der Waals surface area contributed by atoms with Crippen LogP contribution in [-0.4, -0.2) is 29.1 Å². The predicted molar refractivity (Wildman–Crippen MR) is 85.2 cm³/mol. The molecule has 2 heterocycles. The number of benzene rings is 1. The molecule has 0 unspecified atom stereocenters. The highest BCUT2D eigenvalue weighted by molar-refractivity contribution is 5.90. The van der Waals surface area contributed by atoms with E-state index >= 15 is 0 Å². The van der Waals surface area contributed by atoms with E-state index in [9.17, 15) is 4.79 Å². The van der Waals surface area contributed by atoms with E-state index in [0.29, 0.717) is 36.7 Å². The Bertz CT molecular complexity index is 830. The Balaban J connectivity index is 1.61. The van der Waals surface area contributed by atoms with Crippen molar-refractivity contribution in [1.29, 1.82) is 10.5 Å². The monoisotopic (exact) mass is 321 g/mol. The van der Waals surface area contributed by atoms with Gasteiger partial charge in [-0.3, -0.25) is 4.79 Å². The number of carbonyl (C=O) groups excluding carboxylic acids is 1. The van der Waals surface area contributed by atoms with Crippen molar-refractivity contribution in [2.24, 2.45) is 5.92 Å². The number of hydrogen-bond donors (Lipinski definition) is 1. The molecule has 0 aliphatic carbocycles. The molecule has 0 saturated carbocycles. The first kappa shape index (κ1) is 15.6. The summed E-state index contributed by atoms with van der Waals surface area (Å²) in [4.78, 5) is 13.7. The Labute approximate surface area is 139 Å². The number of anilines is 1. The third kappa shape index (κ3) is 3.53. The zero-order chi connectivity index (χ0) is 16.9. The van der Waals surface area contributed by atoms with Crippen LogP contribution in [0.5, 0.6) is 0 Å². The number of aromatic nitrogens is 1. The lowest BCUT2D eigenvalue weighted by molar-refractivity contribution is -0.117. The van der Waals surface area contributed by atoms with Crippen molar-refractivity contribution < 1.29 is 9.32 Å². The largest absolute Gasteiger partial charge is 0.354 e. The maximum Gasteiger partial charge on any atom is 0.225 e. The molecule has 120 valence electrons. The summed E-state index contributed by atoms with van der Waals surface area (Å²) >= 11 is 0. The van der Waals surface area contributed by atoms with Crippen LogP contribution in [0.3, 0.4) is 0 Å². The van der Waals surface area contributed by atoms with Crippen LogP contribution in [0.25, 0.3) is 11.3 Å². The Morgan fingerprint density at radius 2 is 2.29 bits per heavy atom. The van der Waals surface area contributed by atoms with Crippen LogP contribution in [0.1, 0.15) is 18.4 Å². The van der Waals surface area contributed by atoms with Gasteiger partial charge in [0.1, 0.15) is 0 Å². The lowest BCUT2D eigenvalue weighted by Gasteiger charge is -2.08. The molecule has 1 N–H and O–H groups in total. The molecule has 2 aromatic rings. The van der Waals surface area contributed by atoms with E-state index in [1.54, 1.807) is 29.2 Å². The van der Waals surface area contributed by atoms with Gasteiger partial charge in [-0.25, -0.2) is 0 Å². The van der Waals surface area contributed by atoms with Crippen LogP contribution in [0.4, 0.5) is 5.82 Å². The molecule has 1 aromatic carbocycles. The van der Waals surface area contributed by atoms with E-state index in [1.807, 2.05) is 6.07 Å². The molecule has 3 rings (SSSR count). The number of carbonyl (C=O) groups is 1. The molecule has 1 aliphatic rings. The predicted octanol–water partition coefficient (Wildman–Crippen LogP) is 2.34. The summed E-state index contributed by atoms with van der Waals surface area (Å²) < 4.78 is 5.23. The number of nitriles is 2. The first-order valence-corrected chi connectivity index (χ1v) is 7.59. The number of hydrogen-bond acceptors (Lipinski definition) is 6. The number of nitrogens with one attached hydrogen (secondary N) is 1. The first-order chi connectivity index (χ1) is 11.7. The minimum Gasteiger partial charge on any atom is -0.354 e. The second kappa shape index (κ2) is 6.84. The SMILES string of the molecule is N#Cc1cccc(-c2cc(NC(=O)C[C@@H]3CCN(C#N)C3)no2)c1. The molecule has 1 atom stereocenters.